The zero-order valence-electron chi connectivity index (χ0n) is 10.5. The number of hydrazine groups is 1. The first kappa shape index (κ1) is 12.1. The molecular formula is C13H13N7. The maximum Gasteiger partial charge on any atom is 0.166 e. The molecule has 2 heterocycles. The first-order valence-corrected chi connectivity index (χ1v) is 5.97. The summed E-state index contributed by atoms with van der Waals surface area (Å²) in [4.78, 5) is 4.01. The highest BCUT2D eigenvalue weighted by Crippen LogP contribution is 2.26. The Morgan fingerprint density at radius 2 is 2.00 bits per heavy atom. The van der Waals surface area contributed by atoms with Crippen LogP contribution in [0.4, 0.5) is 0 Å². The molecule has 100 valence electrons. The molecule has 0 bridgehead atoms. The van der Waals surface area contributed by atoms with Gasteiger partial charge in [-0.05, 0) is 30.3 Å². The summed E-state index contributed by atoms with van der Waals surface area (Å²) < 4.78 is 0. The fourth-order valence-electron chi connectivity index (χ4n) is 2.09. The van der Waals surface area contributed by atoms with E-state index >= 15 is 0 Å². The average Bonchev–Trinajstić information content (AvgIpc) is 2.93. The van der Waals surface area contributed by atoms with E-state index < -0.39 is 0 Å². The molecule has 7 heteroatoms. The number of hydrazone groups is 1. The van der Waals surface area contributed by atoms with Gasteiger partial charge >= 0.3 is 0 Å². The van der Waals surface area contributed by atoms with Crippen molar-refractivity contribution in [1.82, 2.24) is 20.6 Å². The van der Waals surface area contributed by atoms with Crippen molar-refractivity contribution in [2.24, 2.45) is 16.8 Å². The van der Waals surface area contributed by atoms with Gasteiger partial charge in [0.15, 0.2) is 5.84 Å². The highest BCUT2D eigenvalue weighted by Gasteiger charge is 2.10. The number of hydrogen-bond donors (Lipinski definition) is 4. The van der Waals surface area contributed by atoms with Crippen LogP contribution >= 0.6 is 0 Å². The summed E-state index contributed by atoms with van der Waals surface area (Å²) in [5.74, 6) is 11.1. The molecule has 0 aliphatic rings. The highest BCUT2D eigenvalue weighted by atomic mass is 15.3. The van der Waals surface area contributed by atoms with Gasteiger partial charge in [0.25, 0.3) is 0 Å². The topological polar surface area (TPSA) is 118 Å². The molecule has 7 nitrogen and oxygen atoms in total. The van der Waals surface area contributed by atoms with Crippen molar-refractivity contribution in [1.29, 1.82) is 0 Å². The van der Waals surface area contributed by atoms with Gasteiger partial charge in [-0.15, -0.1) is 0 Å². The normalized spacial score (nSPS) is 11.8. The summed E-state index contributed by atoms with van der Waals surface area (Å²) >= 11 is 0. The lowest BCUT2D eigenvalue weighted by Crippen LogP contribution is -2.31. The first-order chi connectivity index (χ1) is 9.83. The van der Waals surface area contributed by atoms with E-state index in [1.807, 2.05) is 30.3 Å². The zero-order valence-corrected chi connectivity index (χ0v) is 10.5. The van der Waals surface area contributed by atoms with Crippen molar-refractivity contribution in [3.05, 3.63) is 48.3 Å². The Morgan fingerprint density at radius 3 is 2.70 bits per heavy atom. The van der Waals surface area contributed by atoms with Crippen LogP contribution < -0.4 is 17.1 Å². The fraction of sp³-hybridized carbons (Fsp3) is 0. The minimum atomic E-state index is 0.411. The van der Waals surface area contributed by atoms with Gasteiger partial charge in [0, 0.05) is 28.9 Å². The third-order valence-corrected chi connectivity index (χ3v) is 3.06. The maximum atomic E-state index is 5.39. The van der Waals surface area contributed by atoms with Crippen LogP contribution in [0.25, 0.3) is 22.2 Å². The predicted molar refractivity (Wildman–Crippen MR) is 77.4 cm³/mol. The predicted octanol–water partition coefficient (Wildman–Crippen LogP) is 0.709. The summed E-state index contributed by atoms with van der Waals surface area (Å²) in [6, 6.07) is 9.51. The van der Waals surface area contributed by atoms with Gasteiger partial charge in [-0.25, -0.2) is 5.84 Å². The number of hydrogen-bond acceptors (Lipinski definition) is 5. The molecule has 0 radical (unpaired) electrons. The van der Waals surface area contributed by atoms with E-state index in [9.17, 15) is 0 Å². The number of nitrogens with zero attached hydrogens (tertiary/aromatic N) is 3. The smallest absolute Gasteiger partial charge is 0.166 e. The Bertz CT molecular complexity index is 761. The van der Waals surface area contributed by atoms with Crippen molar-refractivity contribution in [3.8, 4) is 11.3 Å². The molecule has 0 saturated heterocycles. The maximum absolute atomic E-state index is 5.39. The molecule has 0 spiro atoms. The summed E-state index contributed by atoms with van der Waals surface area (Å²) in [6.45, 7) is 0. The Balaban J connectivity index is 2.18. The molecule has 2 aromatic heterocycles. The van der Waals surface area contributed by atoms with E-state index in [-0.39, 0.29) is 0 Å². The number of aromatic nitrogens is 3. The molecule has 0 aliphatic carbocycles. The van der Waals surface area contributed by atoms with E-state index in [1.165, 1.54) is 0 Å². The summed E-state index contributed by atoms with van der Waals surface area (Å²) in [5, 5.41) is 11.9. The molecule has 3 aromatic rings. The van der Waals surface area contributed by atoms with Crippen molar-refractivity contribution in [3.63, 3.8) is 0 Å². The Morgan fingerprint density at radius 1 is 1.20 bits per heavy atom. The molecule has 0 fully saturated rings. The number of pyridine rings is 1. The van der Waals surface area contributed by atoms with E-state index in [0.717, 1.165) is 27.7 Å². The Labute approximate surface area is 114 Å². The third-order valence-electron chi connectivity index (χ3n) is 3.06. The number of benzene rings is 1. The SMILES string of the molecule is N/N=C(\NN)c1ccc2[nH]nc(-c3ccncc3)c2c1. The largest absolute Gasteiger partial charge is 0.321 e. The number of nitrogens with one attached hydrogen (secondary N) is 2. The van der Waals surface area contributed by atoms with E-state index in [1.54, 1.807) is 12.4 Å². The lowest BCUT2D eigenvalue weighted by Gasteiger charge is -2.04. The number of nitrogens with two attached hydrogens (primary N) is 2. The van der Waals surface area contributed by atoms with Gasteiger partial charge in [-0.3, -0.25) is 10.1 Å². The van der Waals surface area contributed by atoms with Crippen LogP contribution in [0.2, 0.25) is 0 Å². The van der Waals surface area contributed by atoms with E-state index in [2.05, 4.69) is 25.7 Å². The van der Waals surface area contributed by atoms with Crippen LogP contribution in [-0.4, -0.2) is 21.0 Å². The van der Waals surface area contributed by atoms with Crippen LogP contribution in [0.1, 0.15) is 5.56 Å². The summed E-state index contributed by atoms with van der Waals surface area (Å²) in [6.07, 6.45) is 3.46. The lowest BCUT2D eigenvalue weighted by atomic mass is 10.1. The average molecular weight is 267 g/mol. The van der Waals surface area contributed by atoms with Crippen molar-refractivity contribution < 1.29 is 0 Å². The molecule has 3 rings (SSSR count). The fourth-order valence-corrected chi connectivity index (χ4v) is 2.09. The van der Waals surface area contributed by atoms with E-state index in [4.69, 9.17) is 11.7 Å². The second-order valence-electron chi connectivity index (χ2n) is 4.19. The molecule has 0 aliphatic heterocycles. The van der Waals surface area contributed by atoms with Gasteiger partial charge in [0.2, 0.25) is 0 Å². The molecule has 20 heavy (non-hydrogen) atoms. The van der Waals surface area contributed by atoms with Crippen molar-refractivity contribution in [2.45, 2.75) is 0 Å². The Kier molecular flexibility index (Phi) is 3.02. The van der Waals surface area contributed by atoms with Crippen LogP contribution in [0, 0.1) is 0 Å². The monoisotopic (exact) mass is 267 g/mol. The standard InChI is InChI=1S/C13H13N7/c14-17-13(18-15)9-1-2-11-10(7-9)12(20-19-11)8-3-5-16-6-4-8/h1-7H,14-15H2,(H,17,18)(H,19,20). The zero-order chi connectivity index (χ0) is 13.9. The van der Waals surface area contributed by atoms with Crippen LogP contribution in [0.5, 0.6) is 0 Å². The van der Waals surface area contributed by atoms with Crippen molar-refractivity contribution >= 4 is 16.7 Å². The molecule has 1 aromatic carbocycles. The summed E-state index contributed by atoms with van der Waals surface area (Å²) in [7, 11) is 0. The lowest BCUT2D eigenvalue weighted by molar-refractivity contribution is 1.00. The second kappa shape index (κ2) is 4.98. The number of rotatable bonds is 2. The Hall–Kier alpha value is -2.93. The van der Waals surface area contributed by atoms with Crippen LogP contribution in [-0.2, 0) is 0 Å². The number of amidine groups is 1. The molecule has 0 atom stereocenters. The number of aromatic amines is 1. The highest BCUT2D eigenvalue weighted by molar-refractivity contribution is 6.03. The van der Waals surface area contributed by atoms with Crippen LogP contribution in [0.15, 0.2) is 47.8 Å². The minimum Gasteiger partial charge on any atom is -0.321 e. The van der Waals surface area contributed by atoms with E-state index in [0.29, 0.717) is 5.84 Å². The van der Waals surface area contributed by atoms with Gasteiger partial charge in [0.05, 0.1) is 5.52 Å². The number of fused-ring (bicyclic) bond motifs is 1. The molecule has 6 N–H and O–H groups in total. The third kappa shape index (κ3) is 1.95. The second-order valence-corrected chi connectivity index (χ2v) is 4.19. The first-order valence-electron chi connectivity index (χ1n) is 5.97. The number of H-pyrrole nitrogens is 1. The van der Waals surface area contributed by atoms with Crippen molar-refractivity contribution in [2.75, 3.05) is 0 Å². The van der Waals surface area contributed by atoms with Gasteiger partial charge in [-0.2, -0.15) is 10.2 Å². The summed E-state index contributed by atoms with van der Waals surface area (Å²) in [5.41, 5.74) is 6.01. The van der Waals surface area contributed by atoms with Crippen LogP contribution in [0.3, 0.4) is 0 Å². The minimum absolute atomic E-state index is 0.411. The molecule has 0 unspecified atom stereocenters. The molecular weight excluding hydrogens is 254 g/mol. The quantitative estimate of drug-likeness (QED) is 0.236. The van der Waals surface area contributed by atoms with Gasteiger partial charge in [-0.1, -0.05) is 0 Å². The molecule has 0 amide bonds. The van der Waals surface area contributed by atoms with Gasteiger partial charge in [0.1, 0.15) is 5.69 Å². The molecule has 0 saturated carbocycles. The van der Waals surface area contributed by atoms with Gasteiger partial charge < -0.3 is 11.3 Å².